The Labute approximate surface area is 123 Å². The van der Waals surface area contributed by atoms with E-state index in [2.05, 4.69) is 22.4 Å². The third-order valence-electron chi connectivity index (χ3n) is 3.41. The first-order chi connectivity index (χ1) is 9.44. The second-order valence-electron chi connectivity index (χ2n) is 5.60. The number of nitrogens with zero attached hydrogens (tertiary/aromatic N) is 3. The van der Waals surface area contributed by atoms with E-state index in [0.717, 1.165) is 18.0 Å². The van der Waals surface area contributed by atoms with Crippen molar-refractivity contribution < 1.29 is 9.53 Å². The van der Waals surface area contributed by atoms with Crippen LogP contribution in [-0.2, 0) is 16.6 Å². The van der Waals surface area contributed by atoms with Gasteiger partial charge in [0.25, 0.3) is 0 Å². The van der Waals surface area contributed by atoms with Gasteiger partial charge in [-0.05, 0) is 26.2 Å². The summed E-state index contributed by atoms with van der Waals surface area (Å²) in [6.07, 6.45) is 4.64. The van der Waals surface area contributed by atoms with Crippen molar-refractivity contribution in [1.82, 2.24) is 20.1 Å². The summed E-state index contributed by atoms with van der Waals surface area (Å²) in [6.45, 7) is 4.01. The van der Waals surface area contributed by atoms with E-state index in [1.807, 2.05) is 18.5 Å². The molecule has 1 aliphatic carbocycles. The molecule has 2 atom stereocenters. The molecule has 2 rings (SSSR count). The van der Waals surface area contributed by atoms with E-state index in [4.69, 9.17) is 4.74 Å². The summed E-state index contributed by atoms with van der Waals surface area (Å²) in [7, 11) is 3.35. The number of carbonyl (C=O) groups is 1. The highest BCUT2D eigenvalue weighted by atomic mass is 32.2. The summed E-state index contributed by atoms with van der Waals surface area (Å²) in [4.78, 5) is 12.1. The topological polar surface area (TPSA) is 69.0 Å². The lowest BCUT2D eigenvalue weighted by atomic mass is 9.96. The zero-order chi connectivity index (χ0) is 14.8. The molecule has 1 saturated carbocycles. The normalized spacial score (nSPS) is 19.4. The van der Waals surface area contributed by atoms with Gasteiger partial charge in [-0.15, -0.1) is 10.2 Å². The number of aromatic nitrogens is 3. The average Bonchev–Trinajstić information content (AvgIpc) is 3.11. The van der Waals surface area contributed by atoms with Crippen LogP contribution in [0.25, 0.3) is 0 Å². The molecule has 1 N–H and O–H groups in total. The lowest BCUT2D eigenvalue weighted by Gasteiger charge is -2.30. The van der Waals surface area contributed by atoms with Crippen LogP contribution in [0.2, 0.25) is 0 Å². The summed E-state index contributed by atoms with van der Waals surface area (Å²) in [6, 6.07) is 0.450. The summed E-state index contributed by atoms with van der Waals surface area (Å²) in [5, 5.41) is 12.4. The van der Waals surface area contributed by atoms with Gasteiger partial charge < -0.3 is 9.30 Å². The Balaban J connectivity index is 1.99. The number of rotatable bonds is 7. The maximum atomic E-state index is 12.1. The minimum absolute atomic E-state index is 0.199. The van der Waals surface area contributed by atoms with Crippen LogP contribution in [0.5, 0.6) is 0 Å². The number of methoxy groups -OCH3 is 1. The quantitative estimate of drug-likeness (QED) is 0.606. The number of nitrogens with one attached hydrogen (secondary N) is 1. The number of carbonyl (C=O) groups excluding carboxylic acids is 1. The predicted molar refractivity (Wildman–Crippen MR) is 77.5 cm³/mol. The third-order valence-corrected chi connectivity index (χ3v) is 4.56. The van der Waals surface area contributed by atoms with Gasteiger partial charge in [-0.3, -0.25) is 10.1 Å². The van der Waals surface area contributed by atoms with Crippen molar-refractivity contribution in [2.45, 2.75) is 55.1 Å². The molecular formula is C13H22N4O2S. The van der Waals surface area contributed by atoms with E-state index in [0.29, 0.717) is 12.5 Å². The Morgan fingerprint density at radius 3 is 2.90 bits per heavy atom. The molecule has 2 unspecified atom stereocenters. The Morgan fingerprint density at radius 1 is 1.70 bits per heavy atom. The molecule has 1 fully saturated rings. The number of hydrogen-bond donors (Lipinski definition) is 1. The molecule has 1 aliphatic rings. The van der Waals surface area contributed by atoms with Gasteiger partial charge in [-0.2, -0.15) is 0 Å². The third kappa shape index (κ3) is 3.73. The van der Waals surface area contributed by atoms with Gasteiger partial charge in [0, 0.05) is 18.3 Å². The highest BCUT2D eigenvalue weighted by Gasteiger charge is 2.40. The Kier molecular flexibility index (Phi) is 4.70. The van der Waals surface area contributed by atoms with Crippen LogP contribution >= 0.6 is 11.8 Å². The van der Waals surface area contributed by atoms with E-state index in [1.165, 1.54) is 7.11 Å². The van der Waals surface area contributed by atoms with Crippen LogP contribution in [-0.4, -0.2) is 44.7 Å². The van der Waals surface area contributed by atoms with Gasteiger partial charge in [0.2, 0.25) is 0 Å². The van der Waals surface area contributed by atoms with E-state index >= 15 is 0 Å². The van der Waals surface area contributed by atoms with E-state index in [-0.39, 0.29) is 11.2 Å². The zero-order valence-corrected chi connectivity index (χ0v) is 13.2. The maximum absolute atomic E-state index is 12.1. The van der Waals surface area contributed by atoms with Gasteiger partial charge in [0.1, 0.15) is 11.9 Å². The SMILES string of the molecule is COC(=O)C(C)(CC(C)Sc1nncn1C)NC1CC1. The van der Waals surface area contributed by atoms with Crippen LogP contribution in [0.15, 0.2) is 11.5 Å². The van der Waals surface area contributed by atoms with Crippen molar-refractivity contribution in [2.75, 3.05) is 7.11 Å². The van der Waals surface area contributed by atoms with Gasteiger partial charge >= 0.3 is 5.97 Å². The molecule has 0 aliphatic heterocycles. The van der Waals surface area contributed by atoms with Crippen LogP contribution in [0, 0.1) is 0 Å². The first-order valence-electron chi connectivity index (χ1n) is 6.81. The highest BCUT2D eigenvalue weighted by molar-refractivity contribution is 7.99. The molecule has 112 valence electrons. The van der Waals surface area contributed by atoms with E-state index in [9.17, 15) is 4.79 Å². The fraction of sp³-hybridized carbons (Fsp3) is 0.769. The van der Waals surface area contributed by atoms with E-state index in [1.54, 1.807) is 18.1 Å². The molecule has 1 aromatic heterocycles. The van der Waals surface area contributed by atoms with Crippen molar-refractivity contribution in [3.05, 3.63) is 6.33 Å². The van der Waals surface area contributed by atoms with Crippen LogP contribution in [0.3, 0.4) is 0 Å². The molecular weight excluding hydrogens is 276 g/mol. The molecule has 6 nitrogen and oxygen atoms in total. The van der Waals surface area contributed by atoms with Crippen molar-refractivity contribution in [3.8, 4) is 0 Å². The molecule has 0 bridgehead atoms. The molecule has 0 spiro atoms. The Bertz CT molecular complexity index is 475. The fourth-order valence-electron chi connectivity index (χ4n) is 2.28. The maximum Gasteiger partial charge on any atom is 0.325 e. The zero-order valence-electron chi connectivity index (χ0n) is 12.4. The predicted octanol–water partition coefficient (Wildman–Crippen LogP) is 1.37. The number of hydrogen-bond acceptors (Lipinski definition) is 6. The van der Waals surface area contributed by atoms with Crippen molar-refractivity contribution >= 4 is 17.7 Å². The lowest BCUT2D eigenvalue weighted by molar-refractivity contribution is -0.148. The molecule has 0 aromatic carbocycles. The molecule has 1 aromatic rings. The lowest BCUT2D eigenvalue weighted by Crippen LogP contribution is -2.52. The van der Waals surface area contributed by atoms with E-state index < -0.39 is 5.54 Å². The molecule has 7 heteroatoms. The standard InChI is InChI=1S/C13H22N4O2S/c1-9(20-12-16-14-8-17(12)3)7-13(2,11(18)19-4)15-10-5-6-10/h8-10,15H,5-7H2,1-4H3. The van der Waals surface area contributed by atoms with Crippen molar-refractivity contribution in [3.63, 3.8) is 0 Å². The van der Waals surface area contributed by atoms with Gasteiger partial charge in [0.05, 0.1) is 7.11 Å². The smallest absolute Gasteiger partial charge is 0.325 e. The van der Waals surface area contributed by atoms with Crippen LogP contribution in [0.4, 0.5) is 0 Å². The van der Waals surface area contributed by atoms with Crippen molar-refractivity contribution in [2.24, 2.45) is 7.05 Å². The van der Waals surface area contributed by atoms with Gasteiger partial charge in [0.15, 0.2) is 5.16 Å². The fourth-order valence-corrected chi connectivity index (χ4v) is 3.36. The summed E-state index contributed by atoms with van der Waals surface area (Å²) in [5.74, 6) is -0.199. The average molecular weight is 298 g/mol. The summed E-state index contributed by atoms with van der Waals surface area (Å²) in [5.41, 5.74) is -0.638. The largest absolute Gasteiger partial charge is 0.468 e. The minimum Gasteiger partial charge on any atom is -0.468 e. The van der Waals surface area contributed by atoms with Crippen molar-refractivity contribution in [1.29, 1.82) is 0 Å². The first-order valence-corrected chi connectivity index (χ1v) is 7.69. The number of aryl methyl sites for hydroxylation is 1. The number of thioether (sulfide) groups is 1. The second kappa shape index (κ2) is 6.13. The van der Waals surface area contributed by atoms with Gasteiger partial charge in [-0.1, -0.05) is 18.7 Å². The van der Waals surface area contributed by atoms with Crippen LogP contribution < -0.4 is 5.32 Å². The number of ether oxygens (including phenoxy) is 1. The van der Waals surface area contributed by atoms with Gasteiger partial charge in [-0.25, -0.2) is 0 Å². The Hall–Kier alpha value is -1.08. The Morgan fingerprint density at radius 2 is 2.40 bits per heavy atom. The molecule has 1 heterocycles. The molecule has 0 radical (unpaired) electrons. The molecule has 0 saturated heterocycles. The molecule has 0 amide bonds. The first kappa shape index (κ1) is 15.3. The molecule has 20 heavy (non-hydrogen) atoms. The second-order valence-corrected chi connectivity index (χ2v) is 7.00. The minimum atomic E-state index is -0.638. The highest BCUT2D eigenvalue weighted by Crippen LogP contribution is 2.30. The number of esters is 1. The monoisotopic (exact) mass is 298 g/mol. The summed E-state index contributed by atoms with van der Waals surface area (Å²) >= 11 is 1.62. The summed E-state index contributed by atoms with van der Waals surface area (Å²) < 4.78 is 6.84. The van der Waals surface area contributed by atoms with Crippen LogP contribution in [0.1, 0.15) is 33.1 Å².